The lowest BCUT2D eigenvalue weighted by Crippen LogP contribution is -2.73. The summed E-state index contributed by atoms with van der Waals surface area (Å²) < 4.78 is 1.40. The smallest absolute Gasteiger partial charge is 0.222 e. The molecule has 0 spiro atoms. The average molecular weight is 277 g/mol. The maximum absolute atomic E-state index is 12.3. The van der Waals surface area contributed by atoms with Crippen LogP contribution in [0, 0.1) is 11.8 Å². The molecule has 0 aromatic heterocycles. The first kappa shape index (κ1) is 13.1. The van der Waals surface area contributed by atoms with Crippen LogP contribution in [0.4, 0.5) is 0 Å². The van der Waals surface area contributed by atoms with Gasteiger partial charge in [0, 0.05) is 30.8 Å². The molecule has 4 heterocycles. The molecule has 0 radical (unpaired) electrons. The molecule has 0 aromatic rings. The summed E-state index contributed by atoms with van der Waals surface area (Å²) in [4.78, 5) is 14.7. The van der Waals surface area contributed by atoms with Crippen LogP contribution in [0.5, 0.6) is 0 Å². The molecule has 4 aliphatic rings. The quantitative estimate of drug-likeness (QED) is 0.674. The fourth-order valence-electron chi connectivity index (χ4n) is 6.29. The van der Waals surface area contributed by atoms with Gasteiger partial charge in [-0.05, 0) is 45.4 Å². The molecule has 0 bridgehead atoms. The second-order valence-corrected chi connectivity index (χ2v) is 7.69. The van der Waals surface area contributed by atoms with Crippen LogP contribution in [-0.2, 0) is 4.79 Å². The first-order valence-corrected chi connectivity index (χ1v) is 8.90. The summed E-state index contributed by atoms with van der Waals surface area (Å²) in [6.07, 6.45) is 8.76. The molecule has 3 heteroatoms. The predicted molar refractivity (Wildman–Crippen MR) is 79.1 cm³/mol. The van der Waals surface area contributed by atoms with Crippen LogP contribution in [0.1, 0.15) is 51.9 Å². The Balaban J connectivity index is 1.70. The Bertz CT molecular complexity index is 406. The molecule has 4 fully saturated rings. The summed E-state index contributed by atoms with van der Waals surface area (Å²) in [5, 5.41) is 0. The molecule has 5 atom stereocenters. The van der Waals surface area contributed by atoms with E-state index in [1.165, 1.54) is 56.2 Å². The molecular formula is C17H29N2O+. The Hall–Kier alpha value is -0.570. The Kier molecular flexibility index (Phi) is 3.10. The molecule has 4 rings (SSSR count). The van der Waals surface area contributed by atoms with E-state index < -0.39 is 0 Å². The van der Waals surface area contributed by atoms with Crippen LogP contribution in [0.2, 0.25) is 0 Å². The third kappa shape index (κ3) is 1.71. The van der Waals surface area contributed by atoms with Crippen molar-refractivity contribution in [2.45, 2.75) is 64.0 Å². The normalized spacial score (nSPS) is 47.6. The Morgan fingerprint density at radius 1 is 1.15 bits per heavy atom. The van der Waals surface area contributed by atoms with Crippen molar-refractivity contribution in [3.63, 3.8) is 0 Å². The molecule has 0 saturated carbocycles. The van der Waals surface area contributed by atoms with E-state index in [1.54, 1.807) is 0 Å². The second kappa shape index (κ2) is 4.72. The molecule has 20 heavy (non-hydrogen) atoms. The number of quaternary nitrogens is 1. The molecule has 1 amide bonds. The predicted octanol–water partition coefficient (Wildman–Crippen LogP) is 2.41. The highest BCUT2D eigenvalue weighted by atomic mass is 16.2. The zero-order valence-electron chi connectivity index (χ0n) is 12.9. The third-order valence-electron chi connectivity index (χ3n) is 7.04. The summed E-state index contributed by atoms with van der Waals surface area (Å²) in [6.45, 7) is 7.63. The van der Waals surface area contributed by atoms with E-state index in [9.17, 15) is 4.79 Å². The van der Waals surface area contributed by atoms with Gasteiger partial charge in [0.25, 0.3) is 0 Å². The van der Waals surface area contributed by atoms with Gasteiger partial charge in [-0.25, -0.2) is 0 Å². The van der Waals surface area contributed by atoms with E-state index in [0.29, 0.717) is 11.9 Å². The number of amides is 1. The first-order chi connectivity index (χ1) is 9.75. The molecule has 112 valence electrons. The van der Waals surface area contributed by atoms with E-state index >= 15 is 0 Å². The van der Waals surface area contributed by atoms with Gasteiger partial charge in [-0.3, -0.25) is 4.79 Å². The van der Waals surface area contributed by atoms with Crippen molar-refractivity contribution < 1.29 is 9.28 Å². The molecular weight excluding hydrogens is 248 g/mol. The molecule has 0 N–H and O–H groups in total. The minimum Gasteiger partial charge on any atom is -0.339 e. The fraction of sp³-hybridized carbons (Fsp3) is 0.941. The third-order valence-corrected chi connectivity index (χ3v) is 7.04. The summed E-state index contributed by atoms with van der Waals surface area (Å²) in [7, 11) is 0. The molecule has 4 aliphatic heterocycles. The number of carbonyl (C=O) groups is 1. The summed E-state index contributed by atoms with van der Waals surface area (Å²) in [6, 6.07) is 1.48. The molecule has 0 aliphatic carbocycles. The van der Waals surface area contributed by atoms with Gasteiger partial charge in [-0.15, -0.1) is 0 Å². The average Bonchev–Trinajstić information content (AvgIpc) is 2.49. The van der Waals surface area contributed by atoms with Crippen molar-refractivity contribution in [1.82, 2.24) is 4.90 Å². The van der Waals surface area contributed by atoms with Crippen LogP contribution in [0.3, 0.4) is 0 Å². The maximum Gasteiger partial charge on any atom is 0.222 e. The van der Waals surface area contributed by atoms with E-state index in [-0.39, 0.29) is 0 Å². The van der Waals surface area contributed by atoms with Crippen molar-refractivity contribution in [3.05, 3.63) is 0 Å². The largest absolute Gasteiger partial charge is 0.339 e. The monoisotopic (exact) mass is 277 g/mol. The van der Waals surface area contributed by atoms with Gasteiger partial charge < -0.3 is 9.38 Å². The van der Waals surface area contributed by atoms with E-state index in [1.807, 2.05) is 0 Å². The van der Waals surface area contributed by atoms with E-state index in [0.717, 1.165) is 37.3 Å². The number of carbonyl (C=O) groups excluding carboxylic acids is 1. The number of piperidine rings is 4. The topological polar surface area (TPSA) is 20.3 Å². The van der Waals surface area contributed by atoms with Gasteiger partial charge in [0.1, 0.15) is 0 Å². The Morgan fingerprint density at radius 2 is 1.95 bits per heavy atom. The SMILES string of the molecule is CC[N+]12CCC[C@H]3CN4C(=O)CCC[C@H]4[C@H](CCC1)[C@@H]32. The molecule has 3 nitrogen and oxygen atoms in total. The number of nitrogens with zero attached hydrogens (tertiary/aromatic N) is 2. The zero-order chi connectivity index (χ0) is 13.7. The van der Waals surface area contributed by atoms with Crippen molar-refractivity contribution in [2.24, 2.45) is 11.8 Å². The van der Waals surface area contributed by atoms with E-state index in [2.05, 4.69) is 11.8 Å². The highest BCUT2D eigenvalue weighted by Crippen LogP contribution is 2.48. The van der Waals surface area contributed by atoms with Crippen LogP contribution in [-0.4, -0.2) is 53.6 Å². The van der Waals surface area contributed by atoms with Crippen LogP contribution >= 0.6 is 0 Å². The van der Waals surface area contributed by atoms with Gasteiger partial charge in [0.15, 0.2) is 0 Å². The number of fused-ring (bicyclic) bond motifs is 2. The number of rotatable bonds is 1. The van der Waals surface area contributed by atoms with Crippen molar-refractivity contribution in [2.75, 3.05) is 26.2 Å². The fourth-order valence-corrected chi connectivity index (χ4v) is 6.29. The number of hydrogen-bond donors (Lipinski definition) is 0. The van der Waals surface area contributed by atoms with Crippen molar-refractivity contribution in [3.8, 4) is 0 Å². The van der Waals surface area contributed by atoms with Crippen LogP contribution < -0.4 is 0 Å². The van der Waals surface area contributed by atoms with Gasteiger partial charge >= 0.3 is 0 Å². The van der Waals surface area contributed by atoms with Gasteiger partial charge in [-0.2, -0.15) is 0 Å². The highest BCUT2D eigenvalue weighted by Gasteiger charge is 2.57. The lowest BCUT2D eigenvalue weighted by Gasteiger charge is -2.62. The minimum atomic E-state index is 0.463. The summed E-state index contributed by atoms with van der Waals surface area (Å²) in [5.41, 5.74) is 0. The number of hydrogen-bond acceptors (Lipinski definition) is 1. The van der Waals surface area contributed by atoms with Gasteiger partial charge in [0.2, 0.25) is 5.91 Å². The lowest BCUT2D eigenvalue weighted by atomic mass is 9.66. The van der Waals surface area contributed by atoms with Crippen LogP contribution in [0.15, 0.2) is 0 Å². The van der Waals surface area contributed by atoms with Gasteiger partial charge in [-0.1, -0.05) is 0 Å². The Labute approximate surface area is 122 Å². The summed E-state index contributed by atoms with van der Waals surface area (Å²) >= 11 is 0. The maximum atomic E-state index is 12.3. The minimum absolute atomic E-state index is 0.463. The van der Waals surface area contributed by atoms with Crippen molar-refractivity contribution in [1.29, 1.82) is 0 Å². The lowest BCUT2D eigenvalue weighted by molar-refractivity contribution is -0.968. The van der Waals surface area contributed by atoms with Crippen LogP contribution in [0.25, 0.3) is 0 Å². The highest BCUT2D eigenvalue weighted by molar-refractivity contribution is 5.77. The molecule has 1 unspecified atom stereocenters. The Morgan fingerprint density at radius 3 is 2.75 bits per heavy atom. The van der Waals surface area contributed by atoms with Gasteiger partial charge in [0.05, 0.1) is 25.7 Å². The standard InChI is InChI=1S/C17H29N2O/c1-2-19-10-4-6-13-12-18-15(8-3-9-16(18)20)14(17(13)19)7-5-11-19/h13-15,17H,2-12H2,1H3/q+1/t13-,14-,15-,17+,19?/m0/s1. The molecule has 4 saturated heterocycles. The first-order valence-electron chi connectivity index (χ1n) is 8.90. The van der Waals surface area contributed by atoms with E-state index in [4.69, 9.17) is 0 Å². The zero-order valence-corrected chi connectivity index (χ0v) is 12.9. The van der Waals surface area contributed by atoms with Crippen molar-refractivity contribution >= 4 is 5.91 Å². The second-order valence-electron chi connectivity index (χ2n) is 7.69. The molecule has 0 aromatic carbocycles. The summed E-state index contributed by atoms with van der Waals surface area (Å²) in [5.74, 6) is 2.07.